The maximum atomic E-state index is 12.2. The molecule has 0 heterocycles. The number of hydrogen-bond acceptors (Lipinski definition) is 1. The summed E-state index contributed by atoms with van der Waals surface area (Å²) in [6, 6.07) is 0.379. The van der Waals surface area contributed by atoms with Crippen LogP contribution >= 0.6 is 15.9 Å². The molecular formula is C15H24BrNO. The first-order valence-corrected chi connectivity index (χ1v) is 8.57. The lowest BCUT2D eigenvalue weighted by molar-refractivity contribution is -0.123. The summed E-state index contributed by atoms with van der Waals surface area (Å²) in [5.41, 5.74) is 0. The van der Waals surface area contributed by atoms with Gasteiger partial charge in [0.2, 0.25) is 5.91 Å². The molecule has 0 aromatic rings. The highest BCUT2D eigenvalue weighted by atomic mass is 79.9. The van der Waals surface area contributed by atoms with E-state index in [9.17, 15) is 4.79 Å². The molecule has 3 rings (SSSR count). The van der Waals surface area contributed by atoms with E-state index < -0.39 is 0 Å². The molecule has 3 aliphatic rings. The van der Waals surface area contributed by atoms with Crippen molar-refractivity contribution in [3.8, 4) is 0 Å². The quantitative estimate of drug-likeness (QED) is 0.792. The van der Waals surface area contributed by atoms with Crippen LogP contribution in [0.3, 0.4) is 0 Å². The van der Waals surface area contributed by atoms with Crippen molar-refractivity contribution in [3.05, 3.63) is 0 Å². The van der Waals surface area contributed by atoms with Crippen LogP contribution in [-0.2, 0) is 4.79 Å². The summed E-state index contributed by atoms with van der Waals surface area (Å²) in [5.74, 6) is 2.82. The second-order valence-corrected chi connectivity index (χ2v) is 7.79. The summed E-state index contributed by atoms with van der Waals surface area (Å²) < 4.78 is 0. The van der Waals surface area contributed by atoms with Gasteiger partial charge < -0.3 is 5.32 Å². The van der Waals surface area contributed by atoms with Gasteiger partial charge in [-0.05, 0) is 49.9 Å². The Kier molecular flexibility index (Phi) is 3.97. The van der Waals surface area contributed by atoms with E-state index in [2.05, 4.69) is 21.2 Å². The van der Waals surface area contributed by atoms with Crippen LogP contribution in [0.15, 0.2) is 0 Å². The van der Waals surface area contributed by atoms with Crippen LogP contribution < -0.4 is 5.32 Å². The van der Waals surface area contributed by atoms with Crippen molar-refractivity contribution < 1.29 is 4.79 Å². The molecule has 3 saturated carbocycles. The Morgan fingerprint density at radius 1 is 1.11 bits per heavy atom. The Labute approximate surface area is 118 Å². The lowest BCUT2D eigenvalue weighted by atomic mass is 9.86. The van der Waals surface area contributed by atoms with E-state index in [1.54, 1.807) is 0 Å². The summed E-state index contributed by atoms with van der Waals surface area (Å²) in [4.78, 5) is 12.7. The first kappa shape index (κ1) is 13.0. The fourth-order valence-corrected chi connectivity index (χ4v) is 5.10. The summed E-state index contributed by atoms with van der Waals surface area (Å²) in [6.07, 6.45) is 11.2. The predicted octanol–water partition coefficient (Wildman–Crippen LogP) is 3.64. The second kappa shape index (κ2) is 5.52. The molecule has 0 aromatic carbocycles. The highest BCUT2D eigenvalue weighted by molar-refractivity contribution is 9.09. The van der Waals surface area contributed by atoms with Crippen LogP contribution in [0, 0.1) is 17.8 Å². The van der Waals surface area contributed by atoms with Gasteiger partial charge in [-0.15, -0.1) is 0 Å². The van der Waals surface area contributed by atoms with Crippen LogP contribution in [0.5, 0.6) is 0 Å². The van der Waals surface area contributed by atoms with Crippen LogP contribution in [-0.4, -0.2) is 16.8 Å². The molecule has 1 amide bonds. The van der Waals surface area contributed by atoms with Gasteiger partial charge in [-0.25, -0.2) is 0 Å². The van der Waals surface area contributed by atoms with E-state index in [-0.39, 0.29) is 0 Å². The maximum Gasteiger partial charge on any atom is 0.220 e. The molecule has 0 aromatic heterocycles. The third kappa shape index (κ3) is 2.76. The summed E-state index contributed by atoms with van der Waals surface area (Å²) in [7, 11) is 0. The molecule has 18 heavy (non-hydrogen) atoms. The van der Waals surface area contributed by atoms with Gasteiger partial charge in [0, 0.05) is 17.3 Å². The van der Waals surface area contributed by atoms with E-state index in [1.165, 1.54) is 44.9 Å². The van der Waals surface area contributed by atoms with E-state index >= 15 is 0 Å². The second-order valence-electron chi connectivity index (χ2n) is 6.61. The van der Waals surface area contributed by atoms with Crippen molar-refractivity contribution in [2.24, 2.45) is 17.8 Å². The maximum absolute atomic E-state index is 12.2. The molecule has 1 N–H and O–H groups in total. The number of alkyl halides is 1. The molecule has 2 bridgehead atoms. The first-order valence-electron chi connectivity index (χ1n) is 7.66. The average molecular weight is 314 g/mol. The number of halogens is 1. The SMILES string of the molecule is O=C(CC1CC2CCC1C2)NC1CCCCC1Br. The molecule has 3 heteroatoms. The van der Waals surface area contributed by atoms with Gasteiger partial charge in [0.15, 0.2) is 0 Å². The molecule has 3 aliphatic carbocycles. The topological polar surface area (TPSA) is 29.1 Å². The predicted molar refractivity (Wildman–Crippen MR) is 76.7 cm³/mol. The molecule has 0 spiro atoms. The molecule has 5 atom stereocenters. The standard InChI is InChI=1S/C15H24BrNO/c16-13-3-1-2-4-14(13)17-15(18)9-12-8-10-5-6-11(12)7-10/h10-14H,1-9H2,(H,17,18). The molecule has 102 valence electrons. The van der Waals surface area contributed by atoms with Crippen LogP contribution in [0.2, 0.25) is 0 Å². The number of carbonyl (C=O) groups is 1. The van der Waals surface area contributed by atoms with Gasteiger partial charge >= 0.3 is 0 Å². The minimum absolute atomic E-state index is 0.309. The van der Waals surface area contributed by atoms with Gasteiger partial charge in [-0.1, -0.05) is 35.2 Å². The summed E-state index contributed by atoms with van der Waals surface area (Å²) in [6.45, 7) is 0. The van der Waals surface area contributed by atoms with Crippen molar-refractivity contribution in [2.45, 2.75) is 68.7 Å². The van der Waals surface area contributed by atoms with Gasteiger partial charge in [-0.2, -0.15) is 0 Å². The van der Waals surface area contributed by atoms with E-state index in [0.717, 1.165) is 24.7 Å². The Morgan fingerprint density at radius 2 is 1.94 bits per heavy atom. The van der Waals surface area contributed by atoms with Crippen LogP contribution in [0.4, 0.5) is 0 Å². The van der Waals surface area contributed by atoms with Crippen LogP contribution in [0.1, 0.15) is 57.8 Å². The Morgan fingerprint density at radius 3 is 2.61 bits per heavy atom. The Hall–Kier alpha value is -0.0500. The van der Waals surface area contributed by atoms with Crippen molar-refractivity contribution >= 4 is 21.8 Å². The lowest BCUT2D eigenvalue weighted by Crippen LogP contribution is -2.43. The van der Waals surface area contributed by atoms with E-state index in [1.807, 2.05) is 0 Å². The molecule has 0 saturated heterocycles. The Bertz CT molecular complexity index is 314. The fraction of sp³-hybridized carbons (Fsp3) is 0.933. The molecule has 3 fully saturated rings. The van der Waals surface area contributed by atoms with Crippen molar-refractivity contribution in [1.29, 1.82) is 0 Å². The molecule has 0 aliphatic heterocycles. The minimum Gasteiger partial charge on any atom is -0.352 e. The van der Waals surface area contributed by atoms with Gasteiger partial charge in [-0.3, -0.25) is 4.79 Å². The third-order valence-electron chi connectivity index (χ3n) is 5.36. The molecule has 0 radical (unpaired) electrons. The number of fused-ring (bicyclic) bond motifs is 2. The molecule has 2 nitrogen and oxygen atoms in total. The lowest BCUT2D eigenvalue weighted by Gasteiger charge is -2.29. The normalized spacial score (nSPS) is 43.1. The zero-order chi connectivity index (χ0) is 12.5. The number of hydrogen-bond donors (Lipinski definition) is 1. The number of nitrogens with one attached hydrogen (secondary N) is 1. The number of carbonyl (C=O) groups excluding carboxylic acids is 1. The summed E-state index contributed by atoms with van der Waals surface area (Å²) >= 11 is 3.71. The largest absolute Gasteiger partial charge is 0.352 e. The number of amides is 1. The molecule has 5 unspecified atom stereocenters. The highest BCUT2D eigenvalue weighted by Gasteiger charge is 2.40. The monoisotopic (exact) mass is 313 g/mol. The smallest absolute Gasteiger partial charge is 0.220 e. The van der Waals surface area contributed by atoms with Gasteiger partial charge in [0.1, 0.15) is 0 Å². The highest BCUT2D eigenvalue weighted by Crippen LogP contribution is 2.49. The number of rotatable bonds is 3. The van der Waals surface area contributed by atoms with Crippen LogP contribution in [0.25, 0.3) is 0 Å². The zero-order valence-electron chi connectivity index (χ0n) is 11.0. The Balaban J connectivity index is 1.47. The van der Waals surface area contributed by atoms with Crippen molar-refractivity contribution in [3.63, 3.8) is 0 Å². The van der Waals surface area contributed by atoms with E-state index in [4.69, 9.17) is 0 Å². The fourth-order valence-electron chi connectivity index (χ4n) is 4.38. The minimum atomic E-state index is 0.309. The zero-order valence-corrected chi connectivity index (χ0v) is 12.6. The van der Waals surface area contributed by atoms with Gasteiger partial charge in [0.05, 0.1) is 0 Å². The summed E-state index contributed by atoms with van der Waals surface area (Å²) in [5, 5.41) is 3.27. The van der Waals surface area contributed by atoms with Crippen molar-refractivity contribution in [1.82, 2.24) is 5.32 Å². The first-order chi connectivity index (χ1) is 8.72. The average Bonchev–Trinajstić information content (AvgIpc) is 2.94. The van der Waals surface area contributed by atoms with Gasteiger partial charge in [0.25, 0.3) is 0 Å². The third-order valence-corrected chi connectivity index (χ3v) is 6.46. The molecular weight excluding hydrogens is 290 g/mol. The van der Waals surface area contributed by atoms with E-state index in [0.29, 0.717) is 22.7 Å². The van der Waals surface area contributed by atoms with Crippen molar-refractivity contribution in [2.75, 3.05) is 0 Å².